The van der Waals surface area contributed by atoms with Gasteiger partial charge in [-0.05, 0) is 24.3 Å². The van der Waals surface area contributed by atoms with E-state index in [0.29, 0.717) is 10.7 Å². The smallest absolute Gasteiger partial charge is 0.355 e. The standard InChI is InChI=1S/C13H10ClN3O4/c1-21-13(20)10-8-9(15-16-10)12(19)17(11(8)18)7-4-2-6(14)3-5-7/h2-5,8-9,15H,1H3. The molecule has 1 aromatic carbocycles. The number of halogens is 1. The highest BCUT2D eigenvalue weighted by Gasteiger charge is 2.55. The maximum atomic E-state index is 12.5. The lowest BCUT2D eigenvalue weighted by molar-refractivity contribution is -0.133. The molecule has 0 spiro atoms. The SMILES string of the molecule is COC(=O)C1=NNC2C(=O)N(c3ccc(Cl)cc3)C(=O)C12. The quantitative estimate of drug-likeness (QED) is 0.628. The lowest BCUT2D eigenvalue weighted by Gasteiger charge is -2.15. The molecule has 0 radical (unpaired) electrons. The van der Waals surface area contributed by atoms with Crippen molar-refractivity contribution in [3.8, 4) is 0 Å². The molecule has 2 aliphatic heterocycles. The van der Waals surface area contributed by atoms with Crippen LogP contribution < -0.4 is 10.3 Å². The first-order valence-electron chi connectivity index (χ1n) is 6.09. The minimum absolute atomic E-state index is 0.0858. The maximum Gasteiger partial charge on any atom is 0.355 e. The summed E-state index contributed by atoms with van der Waals surface area (Å²) in [6.45, 7) is 0. The molecule has 1 aromatic rings. The third kappa shape index (κ3) is 1.97. The average Bonchev–Trinajstić information content (AvgIpc) is 3.01. The van der Waals surface area contributed by atoms with Gasteiger partial charge in [-0.2, -0.15) is 5.10 Å². The first-order valence-corrected chi connectivity index (χ1v) is 6.47. The van der Waals surface area contributed by atoms with Crippen molar-refractivity contribution in [2.75, 3.05) is 12.0 Å². The van der Waals surface area contributed by atoms with Crippen molar-refractivity contribution in [2.24, 2.45) is 11.0 Å². The van der Waals surface area contributed by atoms with Gasteiger partial charge >= 0.3 is 5.97 Å². The monoisotopic (exact) mass is 307 g/mol. The van der Waals surface area contributed by atoms with Crippen LogP contribution in [0.15, 0.2) is 29.4 Å². The lowest BCUT2D eigenvalue weighted by Crippen LogP contribution is -2.36. The molecule has 0 aromatic heterocycles. The molecule has 0 bridgehead atoms. The van der Waals surface area contributed by atoms with Crippen LogP contribution in [-0.4, -0.2) is 36.6 Å². The van der Waals surface area contributed by atoms with Crippen LogP contribution in [0.3, 0.4) is 0 Å². The van der Waals surface area contributed by atoms with E-state index in [0.717, 1.165) is 4.90 Å². The first-order chi connectivity index (χ1) is 10.0. The Morgan fingerprint density at radius 2 is 1.95 bits per heavy atom. The molecule has 108 valence electrons. The summed E-state index contributed by atoms with van der Waals surface area (Å²) >= 11 is 5.79. The Morgan fingerprint density at radius 1 is 1.29 bits per heavy atom. The second-order valence-corrected chi connectivity index (χ2v) is 5.00. The van der Waals surface area contributed by atoms with Crippen LogP contribution in [0.25, 0.3) is 0 Å². The number of ether oxygens (including phenoxy) is 1. The van der Waals surface area contributed by atoms with E-state index in [1.165, 1.54) is 7.11 Å². The van der Waals surface area contributed by atoms with E-state index < -0.39 is 29.7 Å². The number of amides is 2. The number of hydrazone groups is 1. The number of benzene rings is 1. The summed E-state index contributed by atoms with van der Waals surface area (Å²) in [4.78, 5) is 37.4. The molecule has 2 amide bonds. The zero-order valence-electron chi connectivity index (χ0n) is 10.9. The van der Waals surface area contributed by atoms with E-state index >= 15 is 0 Å². The number of nitrogens with one attached hydrogen (secondary N) is 1. The summed E-state index contributed by atoms with van der Waals surface area (Å²) in [5.41, 5.74) is 2.84. The summed E-state index contributed by atoms with van der Waals surface area (Å²) in [6.07, 6.45) is 0. The molecule has 0 saturated carbocycles. The van der Waals surface area contributed by atoms with Gasteiger partial charge in [-0.1, -0.05) is 11.6 Å². The molecule has 2 unspecified atom stereocenters. The fourth-order valence-electron chi connectivity index (χ4n) is 2.41. The summed E-state index contributed by atoms with van der Waals surface area (Å²) in [5, 5.41) is 4.23. The van der Waals surface area contributed by atoms with Crippen LogP contribution in [0.4, 0.5) is 5.69 Å². The Balaban J connectivity index is 1.95. The van der Waals surface area contributed by atoms with Gasteiger partial charge in [-0.15, -0.1) is 0 Å². The Morgan fingerprint density at radius 3 is 2.57 bits per heavy atom. The topological polar surface area (TPSA) is 88.1 Å². The fraction of sp³-hybridized carbons (Fsp3) is 0.231. The average molecular weight is 308 g/mol. The minimum Gasteiger partial charge on any atom is -0.464 e. The van der Waals surface area contributed by atoms with E-state index in [2.05, 4.69) is 15.3 Å². The van der Waals surface area contributed by atoms with E-state index in [9.17, 15) is 14.4 Å². The van der Waals surface area contributed by atoms with Crippen LogP contribution in [0.2, 0.25) is 5.02 Å². The fourth-order valence-corrected chi connectivity index (χ4v) is 2.53. The van der Waals surface area contributed by atoms with E-state index in [1.807, 2.05) is 0 Å². The number of carbonyl (C=O) groups is 3. The molecular formula is C13H10ClN3O4. The molecule has 1 fully saturated rings. The molecule has 1 N–H and O–H groups in total. The van der Waals surface area contributed by atoms with E-state index in [-0.39, 0.29) is 5.71 Å². The van der Waals surface area contributed by atoms with Gasteiger partial charge in [0.15, 0.2) is 5.71 Å². The predicted molar refractivity (Wildman–Crippen MR) is 73.8 cm³/mol. The molecule has 2 atom stereocenters. The number of fused-ring (bicyclic) bond motifs is 1. The molecule has 1 saturated heterocycles. The Labute approximate surface area is 124 Å². The van der Waals surface area contributed by atoms with E-state index in [1.54, 1.807) is 24.3 Å². The normalized spacial score (nSPS) is 23.7. The van der Waals surface area contributed by atoms with Gasteiger partial charge in [0.2, 0.25) is 5.91 Å². The van der Waals surface area contributed by atoms with Gasteiger partial charge in [0.05, 0.1) is 12.8 Å². The predicted octanol–water partition coefficient (Wildman–Crippen LogP) is 0.330. The van der Waals surface area contributed by atoms with Crippen molar-refractivity contribution < 1.29 is 19.1 Å². The van der Waals surface area contributed by atoms with E-state index in [4.69, 9.17) is 11.6 Å². The molecule has 21 heavy (non-hydrogen) atoms. The second kappa shape index (κ2) is 4.85. The van der Waals surface area contributed by atoms with Gasteiger partial charge in [0, 0.05) is 5.02 Å². The number of hydrogen-bond acceptors (Lipinski definition) is 6. The third-order valence-electron chi connectivity index (χ3n) is 3.40. The highest BCUT2D eigenvalue weighted by atomic mass is 35.5. The largest absolute Gasteiger partial charge is 0.464 e. The van der Waals surface area contributed by atoms with Gasteiger partial charge in [0.25, 0.3) is 5.91 Å². The molecule has 0 aliphatic carbocycles. The number of nitrogens with zero attached hydrogens (tertiary/aromatic N) is 2. The molecular weight excluding hydrogens is 298 g/mol. The maximum absolute atomic E-state index is 12.5. The van der Waals surface area contributed by atoms with Crippen molar-refractivity contribution in [1.29, 1.82) is 0 Å². The minimum atomic E-state index is -0.958. The molecule has 2 heterocycles. The number of esters is 1. The van der Waals surface area contributed by atoms with Crippen LogP contribution in [0.1, 0.15) is 0 Å². The molecule has 3 rings (SSSR count). The van der Waals surface area contributed by atoms with Crippen molar-refractivity contribution in [2.45, 2.75) is 6.04 Å². The molecule has 7 nitrogen and oxygen atoms in total. The number of imide groups is 1. The van der Waals surface area contributed by atoms with Crippen LogP contribution in [0.5, 0.6) is 0 Å². The summed E-state index contributed by atoms with van der Waals surface area (Å²) in [7, 11) is 1.19. The van der Waals surface area contributed by atoms with Crippen molar-refractivity contribution in [1.82, 2.24) is 5.43 Å². The second-order valence-electron chi connectivity index (χ2n) is 4.56. The number of hydrogen-bond donors (Lipinski definition) is 1. The van der Waals surface area contributed by atoms with Crippen molar-refractivity contribution in [3.63, 3.8) is 0 Å². The lowest BCUT2D eigenvalue weighted by atomic mass is 9.99. The van der Waals surface area contributed by atoms with Crippen LogP contribution in [-0.2, 0) is 19.1 Å². The van der Waals surface area contributed by atoms with Crippen molar-refractivity contribution in [3.05, 3.63) is 29.3 Å². The third-order valence-corrected chi connectivity index (χ3v) is 3.66. The zero-order chi connectivity index (χ0) is 15.1. The highest BCUT2D eigenvalue weighted by molar-refractivity contribution is 6.46. The van der Waals surface area contributed by atoms with Crippen LogP contribution in [0, 0.1) is 5.92 Å². The summed E-state index contributed by atoms with van der Waals surface area (Å²) in [6, 6.07) is 5.41. The zero-order valence-corrected chi connectivity index (χ0v) is 11.6. The summed E-state index contributed by atoms with van der Waals surface area (Å²) < 4.78 is 4.57. The van der Waals surface area contributed by atoms with Gasteiger partial charge in [-0.25, -0.2) is 9.69 Å². The highest BCUT2D eigenvalue weighted by Crippen LogP contribution is 2.31. The Bertz CT molecular complexity index is 670. The number of rotatable bonds is 2. The van der Waals surface area contributed by atoms with Crippen LogP contribution >= 0.6 is 11.6 Å². The molecule has 8 heteroatoms. The Kier molecular flexibility index (Phi) is 3.13. The number of methoxy groups -OCH3 is 1. The van der Waals surface area contributed by atoms with Gasteiger partial charge in [-0.3, -0.25) is 15.0 Å². The molecule has 2 aliphatic rings. The van der Waals surface area contributed by atoms with Gasteiger partial charge < -0.3 is 4.74 Å². The van der Waals surface area contributed by atoms with Gasteiger partial charge in [0.1, 0.15) is 12.0 Å². The summed E-state index contributed by atoms with van der Waals surface area (Å²) in [5.74, 6) is -2.66. The Hall–Kier alpha value is -2.41. The first kappa shape index (κ1) is 13.6. The number of carbonyl (C=O) groups excluding carboxylic acids is 3. The van der Waals surface area contributed by atoms with Crippen molar-refractivity contribution >= 4 is 40.8 Å². The number of anilines is 1.